The third-order valence-electron chi connectivity index (χ3n) is 7.98. The smallest absolute Gasteiger partial charge is 0.348 e. The minimum atomic E-state index is -5.03. The monoisotopic (exact) mass is 609 g/mol. The molecular formula is C28H22F7N5O3. The SMILES string of the molecule is CN(C(=O)[C@H](Cc1cc(F)cc(F)c1)NC(=O)Cn1nc(C(F)(F)F)c2c1C(F)(F)C1CC21)c1ccc2c(c1)CNC2=O. The molecule has 1 fully saturated rings. The third-order valence-corrected chi connectivity index (χ3v) is 7.98. The zero-order chi connectivity index (χ0) is 31.0. The molecule has 2 aromatic carbocycles. The minimum Gasteiger partial charge on any atom is -0.348 e. The molecule has 1 aliphatic heterocycles. The van der Waals surface area contributed by atoms with Crippen molar-refractivity contribution in [2.45, 2.75) is 50.0 Å². The van der Waals surface area contributed by atoms with E-state index in [1.807, 2.05) is 0 Å². The number of fused-ring (bicyclic) bond motifs is 4. The number of hydrogen-bond donors (Lipinski definition) is 2. The van der Waals surface area contributed by atoms with Gasteiger partial charge in [-0.2, -0.15) is 27.1 Å². The van der Waals surface area contributed by atoms with Gasteiger partial charge < -0.3 is 15.5 Å². The van der Waals surface area contributed by atoms with Crippen molar-refractivity contribution in [1.29, 1.82) is 0 Å². The molecule has 3 atom stereocenters. The number of aromatic nitrogens is 2. The first kappa shape index (κ1) is 28.7. The van der Waals surface area contributed by atoms with Gasteiger partial charge in [0.1, 0.15) is 29.9 Å². The van der Waals surface area contributed by atoms with Gasteiger partial charge in [0.2, 0.25) is 11.8 Å². The number of nitrogens with one attached hydrogen (secondary N) is 2. The first-order chi connectivity index (χ1) is 20.1. The molecule has 3 aromatic rings. The highest BCUT2D eigenvalue weighted by molar-refractivity contribution is 6.01. The summed E-state index contributed by atoms with van der Waals surface area (Å²) in [6.07, 6.45) is -5.60. The highest BCUT2D eigenvalue weighted by Crippen LogP contribution is 2.68. The number of nitrogens with zero attached hydrogens (tertiary/aromatic N) is 3. The summed E-state index contributed by atoms with van der Waals surface area (Å²) in [6, 6.07) is 5.48. The van der Waals surface area contributed by atoms with E-state index in [1.54, 1.807) is 6.07 Å². The fourth-order valence-corrected chi connectivity index (χ4v) is 5.92. The number of halogens is 7. The third kappa shape index (κ3) is 4.99. The van der Waals surface area contributed by atoms with Crippen molar-refractivity contribution >= 4 is 23.4 Å². The van der Waals surface area contributed by atoms with Gasteiger partial charge in [-0.05, 0) is 53.8 Å². The number of alkyl halides is 5. The van der Waals surface area contributed by atoms with E-state index in [1.165, 1.54) is 19.2 Å². The van der Waals surface area contributed by atoms with E-state index in [0.29, 0.717) is 27.6 Å². The highest BCUT2D eigenvalue weighted by atomic mass is 19.4. The molecule has 1 saturated carbocycles. The molecule has 3 aliphatic rings. The number of amides is 3. The van der Waals surface area contributed by atoms with Crippen molar-refractivity contribution in [2.24, 2.45) is 5.92 Å². The molecule has 226 valence electrons. The lowest BCUT2D eigenvalue weighted by Crippen LogP contribution is -2.49. The van der Waals surface area contributed by atoms with E-state index in [9.17, 15) is 45.1 Å². The number of carbonyl (C=O) groups excluding carboxylic acids is 3. The number of benzene rings is 2. The first-order valence-electron chi connectivity index (χ1n) is 13.1. The van der Waals surface area contributed by atoms with Gasteiger partial charge in [-0.1, -0.05) is 0 Å². The number of hydrogen-bond acceptors (Lipinski definition) is 4. The van der Waals surface area contributed by atoms with Gasteiger partial charge >= 0.3 is 6.18 Å². The summed E-state index contributed by atoms with van der Waals surface area (Å²) in [4.78, 5) is 39.7. The predicted octanol–water partition coefficient (Wildman–Crippen LogP) is 4.02. The Hall–Kier alpha value is -4.43. The zero-order valence-electron chi connectivity index (χ0n) is 22.2. The summed E-state index contributed by atoms with van der Waals surface area (Å²) in [6.45, 7) is -0.849. The molecule has 2 heterocycles. The van der Waals surface area contributed by atoms with Gasteiger partial charge in [-0.3, -0.25) is 19.1 Å². The maximum Gasteiger partial charge on any atom is 0.435 e. The van der Waals surface area contributed by atoms with E-state index in [2.05, 4.69) is 15.7 Å². The van der Waals surface area contributed by atoms with Crippen molar-refractivity contribution in [3.63, 3.8) is 0 Å². The van der Waals surface area contributed by atoms with Crippen molar-refractivity contribution in [2.75, 3.05) is 11.9 Å². The zero-order valence-corrected chi connectivity index (χ0v) is 22.2. The molecule has 6 rings (SSSR count). The topological polar surface area (TPSA) is 96.3 Å². The average molecular weight is 610 g/mol. The van der Waals surface area contributed by atoms with Crippen molar-refractivity contribution in [1.82, 2.24) is 20.4 Å². The number of rotatable bonds is 7. The molecule has 2 N–H and O–H groups in total. The molecule has 0 bridgehead atoms. The lowest BCUT2D eigenvalue weighted by Gasteiger charge is -2.25. The molecule has 1 aromatic heterocycles. The lowest BCUT2D eigenvalue weighted by molar-refractivity contribution is -0.142. The Bertz CT molecular complexity index is 1670. The van der Waals surface area contributed by atoms with Crippen LogP contribution in [0.5, 0.6) is 0 Å². The quantitative estimate of drug-likeness (QED) is 0.396. The van der Waals surface area contributed by atoms with Crippen LogP contribution in [0.2, 0.25) is 0 Å². The van der Waals surface area contributed by atoms with E-state index >= 15 is 0 Å². The van der Waals surface area contributed by atoms with E-state index in [-0.39, 0.29) is 24.4 Å². The van der Waals surface area contributed by atoms with E-state index < -0.39 is 83.3 Å². The van der Waals surface area contributed by atoms with Crippen LogP contribution >= 0.6 is 0 Å². The van der Waals surface area contributed by atoms with Crippen molar-refractivity contribution in [3.05, 3.63) is 81.7 Å². The second kappa shape index (κ2) is 9.81. The molecule has 0 saturated heterocycles. The standard InChI is InChI=1S/C28H22F7N5O3/c1-39(16-2-3-17-13(7-16)10-36-25(17)42)26(43)20(6-12-4-14(29)8-15(30)5-12)37-21(41)11-40-24-22(23(38-40)28(33,34)35)18-9-19(18)27(24,31)32/h2-5,7-8,18-20H,6,9-11H2,1H3,(H,36,42)(H,37,41)/t18?,19?,20-/m0/s1. The fraction of sp³-hybridized carbons (Fsp3) is 0.357. The summed E-state index contributed by atoms with van der Waals surface area (Å²) in [5.74, 6) is -10.1. The minimum absolute atomic E-state index is 0.0285. The van der Waals surface area contributed by atoms with Crippen LogP contribution < -0.4 is 15.5 Å². The maximum absolute atomic E-state index is 14.9. The molecule has 15 heteroatoms. The second-order valence-corrected chi connectivity index (χ2v) is 10.9. The summed E-state index contributed by atoms with van der Waals surface area (Å²) in [7, 11) is 1.35. The summed E-state index contributed by atoms with van der Waals surface area (Å²) in [5, 5.41) is 8.28. The van der Waals surface area contributed by atoms with Crippen LogP contribution in [0.4, 0.5) is 36.4 Å². The normalized spacial score (nSPS) is 20.1. The molecule has 0 radical (unpaired) electrons. The Morgan fingerprint density at radius 3 is 2.53 bits per heavy atom. The number of anilines is 1. The lowest BCUT2D eigenvalue weighted by atomic mass is 10.0. The predicted molar refractivity (Wildman–Crippen MR) is 135 cm³/mol. The fourth-order valence-electron chi connectivity index (χ4n) is 5.92. The van der Waals surface area contributed by atoms with Crippen LogP contribution in [0, 0.1) is 17.6 Å². The van der Waals surface area contributed by atoms with Crippen LogP contribution in [-0.2, 0) is 41.2 Å². The van der Waals surface area contributed by atoms with Crippen LogP contribution in [0.15, 0.2) is 36.4 Å². The van der Waals surface area contributed by atoms with E-state index in [0.717, 1.165) is 17.0 Å². The summed E-state index contributed by atoms with van der Waals surface area (Å²) < 4.78 is 99.0. The van der Waals surface area contributed by atoms with Gasteiger partial charge in [-0.15, -0.1) is 0 Å². The average Bonchev–Trinajstić information content (AvgIpc) is 3.42. The molecule has 43 heavy (non-hydrogen) atoms. The van der Waals surface area contributed by atoms with Crippen molar-refractivity contribution < 1.29 is 45.1 Å². The number of likely N-dealkylation sites (N-methyl/N-ethyl adjacent to an activating group) is 1. The Morgan fingerprint density at radius 2 is 1.86 bits per heavy atom. The number of carbonyl (C=O) groups is 3. The van der Waals surface area contributed by atoms with Gasteiger partial charge in [0.25, 0.3) is 11.8 Å². The molecule has 2 aliphatic carbocycles. The Kier molecular flexibility index (Phi) is 6.54. The van der Waals surface area contributed by atoms with Gasteiger partial charge in [0.05, 0.1) is 0 Å². The summed E-state index contributed by atoms with van der Waals surface area (Å²) in [5.41, 5.74) is -1.80. The van der Waals surface area contributed by atoms with E-state index in [4.69, 9.17) is 0 Å². The molecule has 0 spiro atoms. The van der Waals surface area contributed by atoms with Gasteiger partial charge in [0, 0.05) is 48.8 Å². The van der Waals surface area contributed by atoms with Gasteiger partial charge in [-0.25, -0.2) is 8.78 Å². The van der Waals surface area contributed by atoms with Crippen molar-refractivity contribution in [3.8, 4) is 0 Å². The van der Waals surface area contributed by atoms with Crippen LogP contribution in [0.25, 0.3) is 0 Å². The molecule has 2 unspecified atom stereocenters. The highest BCUT2D eigenvalue weighted by Gasteiger charge is 2.68. The molecule has 3 amide bonds. The Morgan fingerprint density at radius 1 is 1.16 bits per heavy atom. The summed E-state index contributed by atoms with van der Waals surface area (Å²) >= 11 is 0. The largest absolute Gasteiger partial charge is 0.435 e. The maximum atomic E-state index is 14.9. The molecule has 8 nitrogen and oxygen atoms in total. The van der Waals surface area contributed by atoms with Crippen LogP contribution in [-0.4, -0.2) is 40.6 Å². The Labute approximate surface area is 238 Å². The van der Waals surface area contributed by atoms with Crippen LogP contribution in [0.3, 0.4) is 0 Å². The van der Waals surface area contributed by atoms with Crippen LogP contribution in [0.1, 0.15) is 50.8 Å². The first-order valence-corrected chi connectivity index (χ1v) is 13.1. The Balaban J connectivity index is 1.29. The second-order valence-electron chi connectivity index (χ2n) is 10.9. The molecular weight excluding hydrogens is 587 g/mol. The van der Waals surface area contributed by atoms with Gasteiger partial charge in [0.15, 0.2) is 5.69 Å².